The maximum Gasteiger partial charge on any atom is 0.405 e. The molecule has 1 atom stereocenters. The monoisotopic (exact) mass is 348 g/mol. The number of rotatable bonds is 4. The lowest BCUT2D eigenvalue weighted by atomic mass is 10.2. The Morgan fingerprint density at radius 3 is 2.62 bits per heavy atom. The number of carboxylic acids is 1. The highest BCUT2D eigenvalue weighted by molar-refractivity contribution is 5.98. The maximum absolute atomic E-state index is 12.5. The van der Waals surface area contributed by atoms with E-state index < -0.39 is 42.3 Å². The summed E-state index contributed by atoms with van der Waals surface area (Å²) in [6.07, 6.45) is -3.88. The quantitative estimate of drug-likeness (QED) is 0.860. The van der Waals surface area contributed by atoms with Crippen LogP contribution < -0.4 is 5.32 Å². The van der Waals surface area contributed by atoms with Crippen LogP contribution in [0, 0.1) is 6.92 Å². The average molecular weight is 348 g/mol. The highest BCUT2D eigenvalue weighted by Crippen LogP contribution is 2.24. The van der Waals surface area contributed by atoms with Crippen LogP contribution in [0.3, 0.4) is 0 Å². The van der Waals surface area contributed by atoms with Gasteiger partial charge in [-0.2, -0.15) is 13.2 Å². The number of aromatic carboxylic acids is 1. The third-order valence-corrected chi connectivity index (χ3v) is 3.60. The molecule has 7 nitrogen and oxygen atoms in total. The molecule has 10 heteroatoms. The van der Waals surface area contributed by atoms with Gasteiger partial charge >= 0.3 is 12.1 Å². The van der Waals surface area contributed by atoms with E-state index in [-0.39, 0.29) is 24.3 Å². The largest absolute Gasteiger partial charge is 0.475 e. The van der Waals surface area contributed by atoms with Gasteiger partial charge in [-0.1, -0.05) is 0 Å². The molecular formula is C14H15F3N2O5. The van der Waals surface area contributed by atoms with Crippen molar-refractivity contribution >= 4 is 17.8 Å². The van der Waals surface area contributed by atoms with Crippen molar-refractivity contribution in [2.75, 3.05) is 13.1 Å². The first-order valence-corrected chi connectivity index (χ1v) is 7.09. The molecule has 1 unspecified atom stereocenters. The first kappa shape index (κ1) is 17.8. The van der Waals surface area contributed by atoms with E-state index >= 15 is 0 Å². The molecule has 1 aliphatic rings. The molecule has 0 saturated carbocycles. The molecule has 0 spiro atoms. The Bertz CT molecular complexity index is 668. The summed E-state index contributed by atoms with van der Waals surface area (Å²) < 4.78 is 41.6. The van der Waals surface area contributed by atoms with Crippen LogP contribution in [0.15, 0.2) is 10.5 Å². The fourth-order valence-corrected chi connectivity index (χ4v) is 2.52. The average Bonchev–Trinajstić information content (AvgIpc) is 3.09. The Morgan fingerprint density at radius 1 is 1.42 bits per heavy atom. The molecule has 1 aromatic rings. The number of hydrogen-bond donors (Lipinski definition) is 2. The summed E-state index contributed by atoms with van der Waals surface area (Å²) in [6, 6.07) is 0.127. The summed E-state index contributed by atoms with van der Waals surface area (Å²) in [7, 11) is 0. The third kappa shape index (κ3) is 3.87. The van der Waals surface area contributed by atoms with Crippen molar-refractivity contribution in [1.29, 1.82) is 0 Å². The minimum atomic E-state index is -4.54. The number of carboxylic acid groups (broad SMARTS) is 1. The smallest absolute Gasteiger partial charge is 0.405 e. The van der Waals surface area contributed by atoms with Gasteiger partial charge in [0, 0.05) is 12.1 Å². The highest BCUT2D eigenvalue weighted by Gasteiger charge is 2.38. The second-order valence-corrected chi connectivity index (χ2v) is 5.42. The van der Waals surface area contributed by atoms with E-state index in [1.807, 2.05) is 0 Å². The maximum atomic E-state index is 12.5. The van der Waals surface area contributed by atoms with Gasteiger partial charge in [-0.25, -0.2) is 4.79 Å². The van der Waals surface area contributed by atoms with Crippen LogP contribution >= 0.6 is 0 Å². The predicted octanol–water partition coefficient (Wildman–Crippen LogP) is 1.57. The number of halogens is 3. The summed E-state index contributed by atoms with van der Waals surface area (Å²) >= 11 is 0. The molecule has 2 rings (SSSR count). The minimum absolute atomic E-state index is 0.172. The molecule has 0 bridgehead atoms. The number of amides is 2. The molecule has 1 aliphatic heterocycles. The van der Waals surface area contributed by atoms with E-state index in [2.05, 4.69) is 0 Å². The van der Waals surface area contributed by atoms with Crippen LogP contribution in [-0.4, -0.2) is 53.1 Å². The van der Waals surface area contributed by atoms with Crippen LogP contribution in [0.25, 0.3) is 0 Å². The molecule has 2 N–H and O–H groups in total. The van der Waals surface area contributed by atoms with Crippen LogP contribution in [0.4, 0.5) is 13.2 Å². The summed E-state index contributed by atoms with van der Waals surface area (Å²) in [5.74, 6) is -3.63. The number of aryl methyl sites for hydroxylation is 1. The molecule has 2 heterocycles. The molecular weight excluding hydrogens is 333 g/mol. The first-order valence-electron chi connectivity index (χ1n) is 7.09. The van der Waals surface area contributed by atoms with E-state index in [0.29, 0.717) is 6.42 Å². The number of nitrogens with one attached hydrogen (secondary N) is 1. The molecule has 1 fully saturated rings. The lowest BCUT2D eigenvalue weighted by Crippen LogP contribution is -2.48. The molecule has 0 radical (unpaired) electrons. The fourth-order valence-electron chi connectivity index (χ4n) is 2.52. The van der Waals surface area contributed by atoms with Gasteiger partial charge in [0.1, 0.15) is 12.6 Å². The van der Waals surface area contributed by atoms with Crippen LogP contribution in [0.5, 0.6) is 0 Å². The van der Waals surface area contributed by atoms with Gasteiger partial charge in [0.25, 0.3) is 5.91 Å². The first-order chi connectivity index (χ1) is 11.1. The van der Waals surface area contributed by atoms with Gasteiger partial charge < -0.3 is 19.7 Å². The van der Waals surface area contributed by atoms with E-state index in [4.69, 9.17) is 9.52 Å². The minimum Gasteiger partial charge on any atom is -0.475 e. The Hall–Kier alpha value is -2.52. The Morgan fingerprint density at radius 2 is 2.08 bits per heavy atom. The molecule has 2 amide bonds. The number of carbonyl (C=O) groups excluding carboxylic acids is 2. The molecule has 0 aliphatic carbocycles. The molecule has 1 aromatic heterocycles. The summed E-state index contributed by atoms with van der Waals surface area (Å²) in [6.45, 7) is 0.163. The summed E-state index contributed by atoms with van der Waals surface area (Å²) in [4.78, 5) is 36.3. The van der Waals surface area contributed by atoms with Gasteiger partial charge in [0.2, 0.25) is 11.7 Å². The van der Waals surface area contributed by atoms with Crippen molar-refractivity contribution in [1.82, 2.24) is 10.2 Å². The van der Waals surface area contributed by atoms with Gasteiger partial charge in [0.05, 0.1) is 0 Å². The lowest BCUT2D eigenvalue weighted by molar-refractivity contribution is -0.140. The summed E-state index contributed by atoms with van der Waals surface area (Å²) in [5, 5.41) is 10.6. The highest BCUT2D eigenvalue weighted by atomic mass is 19.4. The van der Waals surface area contributed by atoms with Crippen molar-refractivity contribution in [3.05, 3.63) is 23.2 Å². The number of likely N-dealkylation sites (tertiary alicyclic amines) is 1. The lowest BCUT2D eigenvalue weighted by Gasteiger charge is -2.23. The van der Waals surface area contributed by atoms with Gasteiger partial charge in [-0.3, -0.25) is 9.59 Å². The van der Waals surface area contributed by atoms with E-state index in [9.17, 15) is 27.6 Å². The fraction of sp³-hybridized carbons (Fsp3) is 0.500. The van der Waals surface area contributed by atoms with Gasteiger partial charge in [-0.05, 0) is 25.8 Å². The van der Waals surface area contributed by atoms with Crippen molar-refractivity contribution in [2.45, 2.75) is 32.0 Å². The molecule has 1 saturated heterocycles. The predicted molar refractivity (Wildman–Crippen MR) is 73.5 cm³/mol. The Kier molecular flexibility index (Phi) is 4.86. The SMILES string of the molecule is Cc1cc(C(=O)O)oc1C(=O)N1CCCC1C(=O)NCC(F)(F)F. The van der Waals surface area contributed by atoms with Gasteiger partial charge in [0.15, 0.2) is 5.76 Å². The zero-order chi connectivity index (χ0) is 18.1. The Labute approximate surface area is 134 Å². The van der Waals surface area contributed by atoms with Crippen LogP contribution in [0.2, 0.25) is 0 Å². The van der Waals surface area contributed by atoms with Crippen molar-refractivity contribution in [2.24, 2.45) is 0 Å². The molecule has 0 aromatic carbocycles. The normalized spacial score (nSPS) is 17.8. The van der Waals surface area contributed by atoms with Gasteiger partial charge in [-0.15, -0.1) is 0 Å². The molecule has 24 heavy (non-hydrogen) atoms. The van der Waals surface area contributed by atoms with E-state index in [0.717, 1.165) is 4.90 Å². The third-order valence-electron chi connectivity index (χ3n) is 3.60. The zero-order valence-corrected chi connectivity index (χ0v) is 12.6. The van der Waals surface area contributed by atoms with Crippen molar-refractivity contribution < 1.29 is 37.1 Å². The van der Waals surface area contributed by atoms with E-state index in [1.165, 1.54) is 13.0 Å². The number of furan rings is 1. The number of hydrogen-bond acceptors (Lipinski definition) is 4. The topological polar surface area (TPSA) is 99.8 Å². The summed E-state index contributed by atoms with van der Waals surface area (Å²) in [5.41, 5.74) is 0.277. The molecule has 132 valence electrons. The van der Waals surface area contributed by atoms with E-state index in [1.54, 1.807) is 5.32 Å². The zero-order valence-electron chi connectivity index (χ0n) is 12.6. The van der Waals surface area contributed by atoms with Crippen LogP contribution in [0.1, 0.15) is 39.5 Å². The number of alkyl halides is 3. The Balaban J connectivity index is 2.13. The van der Waals surface area contributed by atoms with Crippen LogP contribution in [-0.2, 0) is 4.79 Å². The van der Waals surface area contributed by atoms with Crippen molar-refractivity contribution in [3.8, 4) is 0 Å². The second-order valence-electron chi connectivity index (χ2n) is 5.42. The number of nitrogens with zero attached hydrogens (tertiary/aromatic N) is 1. The van der Waals surface area contributed by atoms with Crippen molar-refractivity contribution in [3.63, 3.8) is 0 Å². The second kappa shape index (κ2) is 6.54. The standard InChI is InChI=1S/C14H15F3N2O5/c1-7-5-9(13(22)23)24-10(7)12(21)19-4-2-3-8(19)11(20)18-6-14(15,16)17/h5,8H,2-4,6H2,1H3,(H,18,20)(H,22,23). The number of carbonyl (C=O) groups is 3.